The van der Waals surface area contributed by atoms with Crippen molar-refractivity contribution in [3.63, 3.8) is 0 Å². The topological polar surface area (TPSA) is 97.8 Å². The minimum absolute atomic E-state index is 0. The third-order valence-corrected chi connectivity index (χ3v) is 5.59. The highest BCUT2D eigenvalue weighted by Gasteiger charge is 2.20. The highest BCUT2D eigenvalue weighted by Crippen LogP contribution is 2.12. The van der Waals surface area contributed by atoms with Crippen LogP contribution in [-0.4, -0.2) is 41.5 Å². The van der Waals surface area contributed by atoms with Crippen LogP contribution in [0.3, 0.4) is 0 Å². The standard InChI is InChI=1S/C17H23N9S.HI/c1-12-23-24-16(25(12)2)9-19-17(18-8-14-4-3-7-27-14)22-13-5-6-15-20-11-21-26(15)10-13;/h3-4,7,11,13H,5-6,8-10H2,1-2H3,(H2,18,19,22);1H. The number of nitrogens with one attached hydrogen (secondary N) is 2. The van der Waals surface area contributed by atoms with E-state index in [1.54, 1.807) is 17.7 Å². The van der Waals surface area contributed by atoms with Gasteiger partial charge < -0.3 is 15.2 Å². The number of guanidine groups is 1. The van der Waals surface area contributed by atoms with Gasteiger partial charge in [-0.1, -0.05) is 6.07 Å². The van der Waals surface area contributed by atoms with E-state index in [1.165, 1.54) is 4.88 Å². The fourth-order valence-electron chi connectivity index (χ4n) is 3.02. The molecule has 1 aliphatic heterocycles. The lowest BCUT2D eigenvalue weighted by atomic mass is 10.1. The summed E-state index contributed by atoms with van der Waals surface area (Å²) < 4.78 is 3.92. The Labute approximate surface area is 184 Å². The van der Waals surface area contributed by atoms with Crippen molar-refractivity contribution in [1.82, 2.24) is 40.2 Å². The third kappa shape index (κ3) is 4.87. The van der Waals surface area contributed by atoms with E-state index in [4.69, 9.17) is 4.99 Å². The number of thiophene rings is 1. The maximum Gasteiger partial charge on any atom is 0.192 e. The highest BCUT2D eigenvalue weighted by molar-refractivity contribution is 14.0. The monoisotopic (exact) mass is 513 g/mol. The van der Waals surface area contributed by atoms with Gasteiger partial charge in [-0.05, 0) is 24.8 Å². The second kappa shape index (κ2) is 9.45. The van der Waals surface area contributed by atoms with Crippen molar-refractivity contribution in [2.24, 2.45) is 12.0 Å². The van der Waals surface area contributed by atoms with E-state index in [9.17, 15) is 0 Å². The van der Waals surface area contributed by atoms with Crippen LogP contribution in [0.15, 0.2) is 28.8 Å². The highest BCUT2D eigenvalue weighted by atomic mass is 127. The summed E-state index contributed by atoms with van der Waals surface area (Å²) in [5.41, 5.74) is 0. The van der Waals surface area contributed by atoms with Gasteiger partial charge in [0.2, 0.25) is 0 Å². The van der Waals surface area contributed by atoms with E-state index in [2.05, 4.69) is 48.4 Å². The molecule has 0 aliphatic carbocycles. The molecule has 0 radical (unpaired) electrons. The summed E-state index contributed by atoms with van der Waals surface area (Å²) in [5, 5.41) is 21.6. The second-order valence-corrected chi connectivity index (χ2v) is 7.59. The fraction of sp³-hybridized carbons (Fsp3) is 0.471. The van der Waals surface area contributed by atoms with Crippen LogP contribution in [0.1, 0.15) is 28.8 Å². The van der Waals surface area contributed by atoms with Gasteiger partial charge in [0.15, 0.2) is 11.8 Å². The van der Waals surface area contributed by atoms with Gasteiger partial charge in [0.05, 0.1) is 13.1 Å². The number of hydrogen-bond acceptors (Lipinski definition) is 6. The molecule has 11 heteroatoms. The van der Waals surface area contributed by atoms with Crippen molar-refractivity contribution >= 4 is 41.3 Å². The van der Waals surface area contributed by atoms with Crippen LogP contribution in [-0.2, 0) is 33.1 Å². The van der Waals surface area contributed by atoms with E-state index < -0.39 is 0 Å². The summed E-state index contributed by atoms with van der Waals surface area (Å²) in [4.78, 5) is 10.3. The van der Waals surface area contributed by atoms with Gasteiger partial charge in [0.1, 0.15) is 24.5 Å². The molecule has 4 heterocycles. The normalized spacial score (nSPS) is 16.4. The Kier molecular flexibility index (Phi) is 6.99. The van der Waals surface area contributed by atoms with Gasteiger partial charge in [-0.15, -0.1) is 45.5 Å². The predicted molar refractivity (Wildman–Crippen MR) is 119 cm³/mol. The second-order valence-electron chi connectivity index (χ2n) is 6.56. The first-order chi connectivity index (χ1) is 13.2. The van der Waals surface area contributed by atoms with Crippen molar-refractivity contribution in [3.05, 3.63) is 46.2 Å². The van der Waals surface area contributed by atoms with Gasteiger partial charge in [-0.25, -0.2) is 14.7 Å². The summed E-state index contributed by atoms with van der Waals surface area (Å²) in [6.07, 6.45) is 3.54. The van der Waals surface area contributed by atoms with E-state index >= 15 is 0 Å². The molecule has 1 unspecified atom stereocenters. The molecule has 0 saturated carbocycles. The zero-order valence-corrected chi connectivity index (χ0v) is 19.0. The average Bonchev–Trinajstić information content (AvgIpc) is 3.41. The molecular weight excluding hydrogens is 489 g/mol. The zero-order chi connectivity index (χ0) is 18.6. The lowest BCUT2D eigenvalue weighted by molar-refractivity contribution is 0.392. The molecule has 0 aromatic carbocycles. The molecular formula is C17H24IN9S. The van der Waals surface area contributed by atoms with Crippen LogP contribution in [0.4, 0.5) is 0 Å². The summed E-state index contributed by atoms with van der Waals surface area (Å²) in [7, 11) is 1.96. The number of fused-ring (bicyclic) bond motifs is 1. The number of aliphatic imine (C=N–C) groups is 1. The van der Waals surface area contributed by atoms with Gasteiger partial charge in [0, 0.05) is 24.4 Å². The number of hydrogen-bond donors (Lipinski definition) is 2. The maximum atomic E-state index is 4.74. The molecule has 3 aromatic heterocycles. The molecule has 4 rings (SSSR count). The number of aromatic nitrogens is 6. The van der Waals surface area contributed by atoms with E-state index in [-0.39, 0.29) is 30.0 Å². The van der Waals surface area contributed by atoms with Gasteiger partial charge in [-0.2, -0.15) is 5.10 Å². The van der Waals surface area contributed by atoms with Crippen LogP contribution in [0.2, 0.25) is 0 Å². The molecule has 3 aromatic rings. The molecule has 2 N–H and O–H groups in total. The average molecular weight is 513 g/mol. The predicted octanol–water partition coefficient (Wildman–Crippen LogP) is 1.64. The Balaban J connectivity index is 0.00000225. The quantitative estimate of drug-likeness (QED) is 0.306. The van der Waals surface area contributed by atoms with Crippen molar-refractivity contribution < 1.29 is 0 Å². The van der Waals surface area contributed by atoms with E-state index in [1.807, 2.05) is 23.2 Å². The summed E-state index contributed by atoms with van der Waals surface area (Å²) in [6, 6.07) is 4.43. The Bertz CT molecular complexity index is 915. The minimum atomic E-state index is 0. The molecule has 150 valence electrons. The Morgan fingerprint density at radius 3 is 3.04 bits per heavy atom. The van der Waals surface area contributed by atoms with Crippen LogP contribution < -0.4 is 10.6 Å². The zero-order valence-electron chi connectivity index (χ0n) is 15.9. The Morgan fingerprint density at radius 1 is 1.39 bits per heavy atom. The van der Waals surface area contributed by atoms with Crippen LogP contribution >= 0.6 is 35.3 Å². The van der Waals surface area contributed by atoms with Crippen molar-refractivity contribution in [2.75, 3.05) is 0 Å². The SMILES string of the molecule is Cc1nnc(CN=C(NCc2cccs2)NC2CCc3ncnn3C2)n1C.I. The van der Waals surface area contributed by atoms with E-state index in [0.29, 0.717) is 6.54 Å². The van der Waals surface area contributed by atoms with Crippen LogP contribution in [0, 0.1) is 6.92 Å². The lowest BCUT2D eigenvalue weighted by Gasteiger charge is -2.25. The summed E-state index contributed by atoms with van der Waals surface area (Å²) >= 11 is 1.73. The number of halogens is 1. The number of nitrogens with zero attached hydrogens (tertiary/aromatic N) is 7. The third-order valence-electron chi connectivity index (χ3n) is 4.72. The minimum Gasteiger partial charge on any atom is -0.352 e. The molecule has 9 nitrogen and oxygen atoms in total. The van der Waals surface area contributed by atoms with Gasteiger partial charge in [0.25, 0.3) is 0 Å². The molecule has 0 fully saturated rings. The van der Waals surface area contributed by atoms with Crippen LogP contribution in [0.25, 0.3) is 0 Å². The smallest absolute Gasteiger partial charge is 0.192 e. The first kappa shape index (κ1) is 20.7. The Morgan fingerprint density at radius 2 is 2.29 bits per heavy atom. The fourth-order valence-corrected chi connectivity index (χ4v) is 3.67. The molecule has 1 aliphatic rings. The van der Waals surface area contributed by atoms with Crippen molar-refractivity contribution in [1.29, 1.82) is 0 Å². The lowest BCUT2D eigenvalue weighted by Crippen LogP contribution is -2.47. The first-order valence-corrected chi connectivity index (χ1v) is 9.86. The molecule has 0 saturated heterocycles. The Hall–Kier alpha value is -2.02. The first-order valence-electron chi connectivity index (χ1n) is 8.98. The largest absolute Gasteiger partial charge is 0.352 e. The maximum absolute atomic E-state index is 4.74. The van der Waals surface area contributed by atoms with Crippen molar-refractivity contribution in [3.8, 4) is 0 Å². The number of aryl methyl sites for hydroxylation is 2. The molecule has 0 bridgehead atoms. The van der Waals surface area contributed by atoms with Gasteiger partial charge in [-0.3, -0.25) is 0 Å². The van der Waals surface area contributed by atoms with Crippen LogP contribution in [0.5, 0.6) is 0 Å². The molecule has 0 amide bonds. The molecule has 28 heavy (non-hydrogen) atoms. The number of rotatable bonds is 5. The van der Waals surface area contributed by atoms with Gasteiger partial charge >= 0.3 is 0 Å². The summed E-state index contributed by atoms with van der Waals surface area (Å²) in [5.74, 6) is 3.55. The molecule has 0 spiro atoms. The molecule has 1 atom stereocenters. The summed E-state index contributed by atoms with van der Waals surface area (Å²) in [6.45, 7) is 3.94. The van der Waals surface area contributed by atoms with Crippen molar-refractivity contribution in [2.45, 2.75) is 45.4 Å². The van der Waals surface area contributed by atoms with E-state index in [0.717, 1.165) is 49.4 Å².